The van der Waals surface area contributed by atoms with Crippen LogP contribution < -0.4 is 0 Å². The fraction of sp³-hybridized carbons (Fsp3) is 0.571. The number of ketones is 1. The van der Waals surface area contributed by atoms with Gasteiger partial charge < -0.3 is 0 Å². The molecule has 0 aromatic heterocycles. The smallest absolute Gasteiger partial charge is 0.155 e. The van der Waals surface area contributed by atoms with E-state index < -0.39 is 0 Å². The van der Waals surface area contributed by atoms with Gasteiger partial charge in [-0.25, -0.2) is 0 Å². The molecule has 50 valence electrons. The van der Waals surface area contributed by atoms with Gasteiger partial charge in [0.15, 0.2) is 5.78 Å². The van der Waals surface area contributed by atoms with Gasteiger partial charge in [0.25, 0.3) is 0 Å². The van der Waals surface area contributed by atoms with Gasteiger partial charge in [-0.15, -0.1) is 0 Å². The van der Waals surface area contributed by atoms with E-state index in [0.29, 0.717) is 4.83 Å². The Morgan fingerprint density at radius 3 is 3.22 bits per heavy atom. The van der Waals surface area contributed by atoms with Crippen molar-refractivity contribution in [2.75, 3.05) is 0 Å². The number of allylic oxidation sites excluding steroid dienone is 2. The average molecular weight is 189 g/mol. The first-order chi connectivity index (χ1) is 4.29. The summed E-state index contributed by atoms with van der Waals surface area (Å²) in [6, 6.07) is 0. The Hall–Kier alpha value is -0.110. The van der Waals surface area contributed by atoms with E-state index in [1.54, 1.807) is 6.08 Å². The summed E-state index contributed by atoms with van der Waals surface area (Å²) in [5.74, 6) is 0.261. The number of carbonyl (C=O) groups is 1. The van der Waals surface area contributed by atoms with Gasteiger partial charge in [-0.05, 0) is 18.9 Å². The first kappa shape index (κ1) is 7.00. The third-order valence-electron chi connectivity index (χ3n) is 1.39. The first-order valence-electron chi connectivity index (χ1n) is 3.14. The summed E-state index contributed by atoms with van der Waals surface area (Å²) in [5, 5.41) is 0. The second-order valence-corrected chi connectivity index (χ2v) is 3.41. The van der Waals surface area contributed by atoms with Crippen molar-refractivity contribution in [2.24, 2.45) is 0 Å². The van der Waals surface area contributed by atoms with Crippen LogP contribution in [0.4, 0.5) is 0 Å². The van der Waals surface area contributed by atoms with Gasteiger partial charge in [-0.2, -0.15) is 0 Å². The minimum Gasteiger partial charge on any atom is -0.295 e. The van der Waals surface area contributed by atoms with Gasteiger partial charge in [-0.1, -0.05) is 22.0 Å². The molecule has 0 aromatic carbocycles. The topological polar surface area (TPSA) is 17.1 Å². The van der Waals surface area contributed by atoms with Crippen molar-refractivity contribution < 1.29 is 4.79 Å². The number of carbonyl (C=O) groups excluding carboxylic acids is 1. The Bertz CT molecular complexity index is 140. The molecular formula is C7H9BrO. The monoisotopic (exact) mass is 188 g/mol. The summed E-state index contributed by atoms with van der Waals surface area (Å²) in [6.07, 6.45) is 6.42. The van der Waals surface area contributed by atoms with Crippen LogP contribution in [0, 0.1) is 0 Å². The molecular weight excluding hydrogens is 180 g/mol. The van der Waals surface area contributed by atoms with Crippen molar-refractivity contribution in [1.82, 2.24) is 0 Å². The second kappa shape index (κ2) is 3.16. The summed E-state index contributed by atoms with van der Waals surface area (Å²) in [7, 11) is 0. The molecule has 0 aromatic rings. The van der Waals surface area contributed by atoms with E-state index in [2.05, 4.69) is 15.9 Å². The van der Waals surface area contributed by atoms with Crippen LogP contribution in [0.25, 0.3) is 0 Å². The number of hydrogen-bond donors (Lipinski definition) is 0. The molecule has 0 fully saturated rings. The molecule has 0 radical (unpaired) electrons. The Labute approximate surface area is 63.3 Å². The zero-order chi connectivity index (χ0) is 6.69. The van der Waals surface area contributed by atoms with Crippen LogP contribution in [-0.2, 0) is 4.79 Å². The third-order valence-corrected chi connectivity index (χ3v) is 2.16. The van der Waals surface area contributed by atoms with E-state index in [4.69, 9.17) is 0 Å². The van der Waals surface area contributed by atoms with Crippen LogP contribution in [0.1, 0.15) is 19.3 Å². The van der Waals surface area contributed by atoms with Crippen LogP contribution >= 0.6 is 15.9 Å². The lowest BCUT2D eigenvalue weighted by Crippen LogP contribution is -1.89. The van der Waals surface area contributed by atoms with Crippen molar-refractivity contribution in [3.05, 3.63) is 12.2 Å². The number of alkyl halides is 1. The van der Waals surface area contributed by atoms with E-state index in [1.807, 2.05) is 6.08 Å². The Balaban J connectivity index is 2.52. The highest BCUT2D eigenvalue weighted by molar-refractivity contribution is 9.09. The Morgan fingerprint density at radius 1 is 1.67 bits per heavy atom. The summed E-state index contributed by atoms with van der Waals surface area (Å²) in [4.78, 5) is 11.1. The lowest BCUT2D eigenvalue weighted by atomic mass is 10.2. The van der Waals surface area contributed by atoms with Crippen LogP contribution in [0.3, 0.4) is 0 Å². The summed E-state index contributed by atoms with van der Waals surface area (Å²) in [5.41, 5.74) is 0. The minimum absolute atomic E-state index is 0.261. The summed E-state index contributed by atoms with van der Waals surface area (Å²) < 4.78 is 0. The Kier molecular flexibility index (Phi) is 2.46. The molecule has 0 spiro atoms. The molecule has 0 heterocycles. The molecule has 2 heteroatoms. The quantitative estimate of drug-likeness (QED) is 0.533. The zero-order valence-electron chi connectivity index (χ0n) is 5.14. The molecule has 0 saturated heterocycles. The lowest BCUT2D eigenvalue weighted by Gasteiger charge is -1.96. The largest absolute Gasteiger partial charge is 0.295 e. The summed E-state index contributed by atoms with van der Waals surface area (Å²) >= 11 is 3.43. The number of halogens is 1. The van der Waals surface area contributed by atoms with Crippen LogP contribution in [-0.4, -0.2) is 10.6 Å². The summed E-state index contributed by atoms with van der Waals surface area (Å²) in [6.45, 7) is 0. The van der Waals surface area contributed by atoms with Gasteiger partial charge in [0.2, 0.25) is 0 Å². The van der Waals surface area contributed by atoms with E-state index in [-0.39, 0.29) is 5.78 Å². The molecule has 0 amide bonds. The van der Waals surface area contributed by atoms with Crippen LogP contribution in [0.15, 0.2) is 12.2 Å². The van der Waals surface area contributed by atoms with Gasteiger partial charge >= 0.3 is 0 Å². The number of rotatable bonds is 0. The second-order valence-electron chi connectivity index (χ2n) is 2.23. The highest BCUT2D eigenvalue weighted by Gasteiger charge is 2.06. The molecule has 0 unspecified atom stereocenters. The maximum absolute atomic E-state index is 10.7. The standard InChI is InChI=1S/C7H9BrO/c8-6-2-1-3-7(9)5-4-6/h4-6H,1-3H2/t6-/m1/s1. The van der Waals surface area contributed by atoms with Gasteiger partial charge in [0.1, 0.15) is 0 Å². The number of hydrogen-bond acceptors (Lipinski definition) is 1. The van der Waals surface area contributed by atoms with Crippen LogP contribution in [0.2, 0.25) is 0 Å². The highest BCUT2D eigenvalue weighted by Crippen LogP contribution is 2.14. The van der Waals surface area contributed by atoms with E-state index in [9.17, 15) is 4.79 Å². The highest BCUT2D eigenvalue weighted by atomic mass is 79.9. The fourth-order valence-corrected chi connectivity index (χ4v) is 1.34. The van der Waals surface area contributed by atoms with Gasteiger partial charge in [-0.3, -0.25) is 4.79 Å². The van der Waals surface area contributed by atoms with E-state index in [0.717, 1.165) is 19.3 Å². The predicted molar refractivity (Wildman–Crippen MR) is 40.7 cm³/mol. The molecule has 1 aliphatic carbocycles. The van der Waals surface area contributed by atoms with E-state index in [1.165, 1.54) is 0 Å². The zero-order valence-corrected chi connectivity index (χ0v) is 6.73. The SMILES string of the molecule is O=C1C=C[C@H](Br)CCC1. The molecule has 0 N–H and O–H groups in total. The molecule has 1 aliphatic rings. The van der Waals surface area contributed by atoms with Gasteiger partial charge in [0.05, 0.1) is 0 Å². The maximum atomic E-state index is 10.7. The molecule has 1 atom stereocenters. The molecule has 0 bridgehead atoms. The van der Waals surface area contributed by atoms with Crippen LogP contribution in [0.5, 0.6) is 0 Å². The maximum Gasteiger partial charge on any atom is 0.155 e. The van der Waals surface area contributed by atoms with Crippen molar-refractivity contribution in [1.29, 1.82) is 0 Å². The molecule has 1 nitrogen and oxygen atoms in total. The molecule has 0 saturated carbocycles. The Morgan fingerprint density at radius 2 is 2.44 bits per heavy atom. The normalized spacial score (nSPS) is 28.1. The molecule has 0 aliphatic heterocycles. The molecule has 1 rings (SSSR count). The van der Waals surface area contributed by atoms with Crippen molar-refractivity contribution >= 4 is 21.7 Å². The van der Waals surface area contributed by atoms with Gasteiger partial charge in [0, 0.05) is 11.2 Å². The third kappa shape index (κ3) is 2.31. The predicted octanol–water partition coefficient (Wildman–Crippen LogP) is 2.06. The fourth-order valence-electron chi connectivity index (χ4n) is 0.863. The first-order valence-corrected chi connectivity index (χ1v) is 4.06. The lowest BCUT2D eigenvalue weighted by molar-refractivity contribution is -0.114. The van der Waals surface area contributed by atoms with Crippen molar-refractivity contribution in [2.45, 2.75) is 24.1 Å². The van der Waals surface area contributed by atoms with Crippen molar-refractivity contribution in [3.63, 3.8) is 0 Å². The molecule has 9 heavy (non-hydrogen) atoms. The average Bonchev–Trinajstić information content (AvgIpc) is 1.97. The minimum atomic E-state index is 0.261. The van der Waals surface area contributed by atoms with E-state index >= 15 is 0 Å². The van der Waals surface area contributed by atoms with Crippen molar-refractivity contribution in [3.8, 4) is 0 Å².